The lowest BCUT2D eigenvalue weighted by Gasteiger charge is -2.28. The van der Waals surface area contributed by atoms with Crippen molar-refractivity contribution in [3.05, 3.63) is 33.8 Å². The Hall–Kier alpha value is 0.01000. The van der Waals surface area contributed by atoms with Crippen LogP contribution >= 0.6 is 35.6 Å². The van der Waals surface area contributed by atoms with E-state index in [4.69, 9.17) is 23.2 Å². The van der Waals surface area contributed by atoms with Crippen LogP contribution in [0.5, 0.6) is 0 Å². The SMILES string of the molecule is Cl.OC(c1ccc(Cl)c(Cl)c1)[C@@H]1CCCCN1. The fourth-order valence-corrected chi connectivity index (χ4v) is 2.38. The van der Waals surface area contributed by atoms with Crippen LogP contribution < -0.4 is 5.32 Å². The Morgan fingerprint density at radius 2 is 2.00 bits per heavy atom. The second-order valence-electron chi connectivity index (χ2n) is 4.17. The van der Waals surface area contributed by atoms with Crippen molar-refractivity contribution in [3.8, 4) is 0 Å². The largest absolute Gasteiger partial charge is 0.387 e. The highest BCUT2D eigenvalue weighted by Gasteiger charge is 2.22. The van der Waals surface area contributed by atoms with Crippen LogP contribution in [0, 0.1) is 0 Å². The first kappa shape index (κ1) is 15.1. The number of piperidine rings is 1. The molecule has 0 spiro atoms. The standard InChI is InChI=1S/C12H15Cl2NO.ClH/c13-9-5-4-8(7-10(9)14)12(16)11-3-1-2-6-15-11;/h4-5,7,11-12,15-16H,1-3,6H2;1H/t11-,12?;/m0./s1. The molecule has 0 amide bonds. The van der Waals surface area contributed by atoms with Gasteiger partial charge in [-0.05, 0) is 37.1 Å². The van der Waals surface area contributed by atoms with Crippen LogP contribution in [0.1, 0.15) is 30.9 Å². The van der Waals surface area contributed by atoms with Gasteiger partial charge >= 0.3 is 0 Å². The van der Waals surface area contributed by atoms with Crippen LogP contribution in [0.15, 0.2) is 18.2 Å². The molecule has 1 unspecified atom stereocenters. The fraction of sp³-hybridized carbons (Fsp3) is 0.500. The zero-order valence-electron chi connectivity index (χ0n) is 9.33. The van der Waals surface area contributed by atoms with E-state index in [-0.39, 0.29) is 18.4 Å². The first-order valence-corrected chi connectivity index (χ1v) is 6.30. The van der Waals surface area contributed by atoms with Gasteiger partial charge in [0.05, 0.1) is 16.1 Å². The quantitative estimate of drug-likeness (QED) is 0.874. The van der Waals surface area contributed by atoms with Crippen molar-refractivity contribution < 1.29 is 5.11 Å². The summed E-state index contributed by atoms with van der Waals surface area (Å²) in [5.74, 6) is 0. The minimum Gasteiger partial charge on any atom is -0.387 e. The van der Waals surface area contributed by atoms with Gasteiger partial charge in [0.15, 0.2) is 0 Å². The van der Waals surface area contributed by atoms with Gasteiger partial charge in [0, 0.05) is 6.04 Å². The first-order chi connectivity index (χ1) is 7.68. The molecular weight excluding hydrogens is 280 g/mol. The molecule has 1 fully saturated rings. The Labute approximate surface area is 118 Å². The Bertz CT molecular complexity index is 367. The summed E-state index contributed by atoms with van der Waals surface area (Å²) in [6.45, 7) is 0.975. The molecule has 2 N–H and O–H groups in total. The number of benzene rings is 1. The van der Waals surface area contributed by atoms with Crippen molar-refractivity contribution in [3.63, 3.8) is 0 Å². The smallest absolute Gasteiger partial charge is 0.0943 e. The average Bonchev–Trinajstić information content (AvgIpc) is 2.33. The summed E-state index contributed by atoms with van der Waals surface area (Å²) in [5.41, 5.74) is 0.828. The van der Waals surface area contributed by atoms with E-state index in [1.165, 1.54) is 6.42 Å². The van der Waals surface area contributed by atoms with Crippen molar-refractivity contribution >= 4 is 35.6 Å². The van der Waals surface area contributed by atoms with Gasteiger partial charge in [0.2, 0.25) is 0 Å². The van der Waals surface area contributed by atoms with Crippen LogP contribution in [0.4, 0.5) is 0 Å². The minimum absolute atomic E-state index is 0. The van der Waals surface area contributed by atoms with Crippen LogP contribution in [-0.2, 0) is 0 Å². The van der Waals surface area contributed by atoms with Crippen molar-refractivity contribution in [1.29, 1.82) is 0 Å². The van der Waals surface area contributed by atoms with Gasteiger partial charge in [-0.25, -0.2) is 0 Å². The van der Waals surface area contributed by atoms with E-state index in [1.807, 2.05) is 6.07 Å². The predicted molar refractivity (Wildman–Crippen MR) is 74.3 cm³/mol. The highest BCUT2D eigenvalue weighted by Crippen LogP contribution is 2.28. The maximum absolute atomic E-state index is 10.2. The van der Waals surface area contributed by atoms with Crippen molar-refractivity contribution in [2.24, 2.45) is 0 Å². The Morgan fingerprint density at radius 1 is 1.24 bits per heavy atom. The normalized spacial score (nSPS) is 21.7. The molecule has 1 heterocycles. The third-order valence-electron chi connectivity index (χ3n) is 3.01. The minimum atomic E-state index is -0.505. The van der Waals surface area contributed by atoms with Gasteiger partial charge in [0.1, 0.15) is 0 Å². The number of nitrogens with one attached hydrogen (secondary N) is 1. The summed E-state index contributed by atoms with van der Waals surface area (Å²) in [5, 5.41) is 14.5. The third kappa shape index (κ3) is 3.73. The summed E-state index contributed by atoms with van der Waals surface area (Å²) in [6, 6.07) is 5.43. The summed E-state index contributed by atoms with van der Waals surface area (Å²) in [7, 11) is 0. The number of halogens is 3. The molecule has 1 aliphatic heterocycles. The number of hydrogen-bond donors (Lipinski definition) is 2. The molecule has 1 aliphatic rings. The molecule has 1 aromatic carbocycles. The van der Waals surface area contributed by atoms with Gasteiger partial charge in [-0.15, -0.1) is 12.4 Å². The van der Waals surface area contributed by atoms with Crippen LogP contribution in [0.2, 0.25) is 10.0 Å². The van der Waals surface area contributed by atoms with E-state index in [9.17, 15) is 5.11 Å². The molecule has 0 aliphatic carbocycles. The molecule has 2 rings (SSSR count). The van der Waals surface area contributed by atoms with Crippen molar-refractivity contribution in [2.75, 3.05) is 6.54 Å². The average molecular weight is 297 g/mol. The van der Waals surface area contributed by atoms with Crippen molar-refractivity contribution in [2.45, 2.75) is 31.4 Å². The molecule has 1 saturated heterocycles. The Kier molecular flexibility index (Phi) is 6.04. The van der Waals surface area contributed by atoms with Crippen molar-refractivity contribution in [1.82, 2.24) is 5.32 Å². The summed E-state index contributed by atoms with van der Waals surface area (Å²) in [4.78, 5) is 0. The van der Waals surface area contributed by atoms with Gasteiger partial charge < -0.3 is 10.4 Å². The van der Waals surface area contributed by atoms with Crippen LogP contribution in [-0.4, -0.2) is 17.7 Å². The van der Waals surface area contributed by atoms with Crippen LogP contribution in [0.3, 0.4) is 0 Å². The molecule has 5 heteroatoms. The van der Waals surface area contributed by atoms with E-state index in [1.54, 1.807) is 12.1 Å². The lowest BCUT2D eigenvalue weighted by atomic mass is 9.95. The maximum atomic E-state index is 10.2. The second-order valence-corrected chi connectivity index (χ2v) is 4.99. The molecule has 1 aromatic rings. The zero-order valence-corrected chi connectivity index (χ0v) is 11.7. The first-order valence-electron chi connectivity index (χ1n) is 5.55. The number of aliphatic hydroxyl groups excluding tert-OH is 1. The third-order valence-corrected chi connectivity index (χ3v) is 3.75. The summed E-state index contributed by atoms with van der Waals surface area (Å²) < 4.78 is 0. The molecule has 0 radical (unpaired) electrons. The monoisotopic (exact) mass is 295 g/mol. The lowest BCUT2D eigenvalue weighted by Crippen LogP contribution is -2.38. The highest BCUT2D eigenvalue weighted by molar-refractivity contribution is 6.42. The molecule has 0 saturated carbocycles. The molecule has 2 atom stereocenters. The molecular formula is C12H16Cl3NO. The van der Waals surface area contributed by atoms with Gasteiger partial charge in [-0.3, -0.25) is 0 Å². The summed E-state index contributed by atoms with van der Waals surface area (Å²) >= 11 is 11.8. The fourth-order valence-electron chi connectivity index (χ4n) is 2.08. The van der Waals surface area contributed by atoms with E-state index in [0.717, 1.165) is 24.9 Å². The summed E-state index contributed by atoms with van der Waals surface area (Å²) in [6.07, 6.45) is 2.84. The maximum Gasteiger partial charge on any atom is 0.0943 e. The van der Waals surface area contributed by atoms with E-state index in [0.29, 0.717) is 10.0 Å². The van der Waals surface area contributed by atoms with Crippen LogP contribution in [0.25, 0.3) is 0 Å². The molecule has 2 nitrogen and oxygen atoms in total. The number of aliphatic hydroxyl groups is 1. The van der Waals surface area contributed by atoms with Gasteiger partial charge in [-0.1, -0.05) is 35.7 Å². The van der Waals surface area contributed by atoms with E-state index >= 15 is 0 Å². The molecule has 17 heavy (non-hydrogen) atoms. The van der Waals surface area contributed by atoms with E-state index in [2.05, 4.69) is 5.32 Å². The number of rotatable bonds is 2. The van der Waals surface area contributed by atoms with E-state index < -0.39 is 6.10 Å². The topological polar surface area (TPSA) is 32.3 Å². The Morgan fingerprint density at radius 3 is 2.59 bits per heavy atom. The lowest BCUT2D eigenvalue weighted by molar-refractivity contribution is 0.114. The van der Waals surface area contributed by atoms with Gasteiger partial charge in [0.25, 0.3) is 0 Å². The predicted octanol–water partition coefficient (Wildman–Crippen LogP) is 3.59. The molecule has 96 valence electrons. The van der Waals surface area contributed by atoms with Gasteiger partial charge in [-0.2, -0.15) is 0 Å². The highest BCUT2D eigenvalue weighted by atomic mass is 35.5. The zero-order chi connectivity index (χ0) is 11.5. The second kappa shape index (κ2) is 6.81. The molecule has 0 aromatic heterocycles. The molecule has 0 bridgehead atoms. The number of hydrogen-bond acceptors (Lipinski definition) is 2. The Balaban J connectivity index is 0.00000144.